The van der Waals surface area contributed by atoms with Crippen LogP contribution in [0.3, 0.4) is 0 Å². The van der Waals surface area contributed by atoms with Crippen molar-refractivity contribution in [3.63, 3.8) is 0 Å². The summed E-state index contributed by atoms with van der Waals surface area (Å²) in [6.45, 7) is 4.23. The number of aromatic hydroxyl groups is 2. The van der Waals surface area contributed by atoms with Crippen LogP contribution in [0.4, 0.5) is 0 Å². The van der Waals surface area contributed by atoms with Crippen LogP contribution in [0.1, 0.15) is 59.9 Å². The van der Waals surface area contributed by atoms with Crippen molar-refractivity contribution >= 4 is 11.8 Å². The second-order valence-electron chi connectivity index (χ2n) is 12.2. The summed E-state index contributed by atoms with van der Waals surface area (Å²) in [5.41, 5.74) is 0.918. The van der Waals surface area contributed by atoms with Gasteiger partial charge in [-0.05, 0) is 30.2 Å². The smallest absolute Gasteiger partial charge is 0.329 e. The Kier molecular flexibility index (Phi) is 10.9. The number of aliphatic carboxylic acids is 1. The highest BCUT2D eigenvalue weighted by atomic mass is 16.6. The molecule has 2 aromatic carbocycles. The molecule has 0 aromatic heterocycles. The minimum Gasteiger partial charge on any atom is -0.507 e. The van der Waals surface area contributed by atoms with Gasteiger partial charge in [0.1, 0.15) is 78.4 Å². The van der Waals surface area contributed by atoms with Crippen LogP contribution in [0.5, 0.6) is 23.0 Å². The Hall–Kier alpha value is -3.80. The lowest BCUT2D eigenvalue weighted by molar-refractivity contribution is -0.216. The maximum atomic E-state index is 13.3. The minimum absolute atomic E-state index is 0.0305. The second-order valence-corrected chi connectivity index (χ2v) is 12.2. The Labute approximate surface area is 275 Å². The van der Waals surface area contributed by atoms with Crippen LogP contribution in [-0.4, -0.2) is 121 Å². The zero-order chi connectivity index (χ0) is 34.9. The molecule has 2 aromatic rings. The molecule has 0 radical (unpaired) electrons. The number of rotatable bonds is 11. The lowest BCUT2D eigenvalue weighted by Gasteiger charge is -2.40. The standard InChI is InChI=1S/C33H40O15/c1-14(7-24-31(42)32(43)29(40)15(2)46-24)12-44-17-5-3-16(4-6-17)21-9-20(37)27-18(35)8-19(36)28(33(27)48-21)22-10-23(45-13-26(38)39)30(41)25(11-34)47-22/h3-6,8,15,21-25,29-32,34-36,40-43H,1,7,9-13H2,2H3,(H,38,39)/t15-,21?,22?,23+,24?,25+,29+,30+,31+,32+/m0/s1. The summed E-state index contributed by atoms with van der Waals surface area (Å²) in [4.78, 5) is 24.4. The lowest BCUT2D eigenvalue weighted by atomic mass is 9.88. The fourth-order valence-corrected chi connectivity index (χ4v) is 6.22. The zero-order valence-electron chi connectivity index (χ0n) is 26.0. The Balaban J connectivity index is 1.29. The summed E-state index contributed by atoms with van der Waals surface area (Å²) in [6.07, 6.45) is -11.1. The summed E-state index contributed by atoms with van der Waals surface area (Å²) in [5, 5.41) is 81.1. The monoisotopic (exact) mass is 676 g/mol. The molecule has 0 spiro atoms. The van der Waals surface area contributed by atoms with E-state index in [1.165, 1.54) is 0 Å². The topological polar surface area (TPSA) is 242 Å². The van der Waals surface area contributed by atoms with Crippen LogP contribution in [0.25, 0.3) is 0 Å². The number of aliphatic hydroxyl groups excluding tert-OH is 5. The normalized spacial score (nSPS) is 31.8. The minimum atomic E-state index is -1.38. The maximum absolute atomic E-state index is 13.3. The Morgan fingerprint density at radius 1 is 0.938 bits per heavy atom. The third-order valence-corrected chi connectivity index (χ3v) is 8.79. The average molecular weight is 677 g/mol. The first-order chi connectivity index (χ1) is 22.8. The van der Waals surface area contributed by atoms with Gasteiger partial charge < -0.3 is 64.5 Å². The molecule has 0 saturated carbocycles. The van der Waals surface area contributed by atoms with Crippen molar-refractivity contribution in [2.75, 3.05) is 19.8 Å². The van der Waals surface area contributed by atoms with Crippen LogP contribution in [0, 0.1) is 0 Å². The number of carboxylic acid groups (broad SMARTS) is 1. The number of carbonyl (C=O) groups is 2. The number of carbonyl (C=O) groups excluding carboxylic acids is 1. The van der Waals surface area contributed by atoms with Gasteiger partial charge in [0.25, 0.3) is 0 Å². The van der Waals surface area contributed by atoms with E-state index in [9.17, 15) is 45.3 Å². The summed E-state index contributed by atoms with van der Waals surface area (Å²) in [6, 6.07) is 7.59. The van der Waals surface area contributed by atoms with Gasteiger partial charge in [0.2, 0.25) is 0 Å². The van der Waals surface area contributed by atoms with E-state index < -0.39 is 97.5 Å². The molecule has 48 heavy (non-hydrogen) atoms. The SMILES string of the molecule is C=C(COc1ccc(C2CC(=O)c3c(O)cc(O)c(C4C[C@@H](OCC(=O)O)[C@@H](O)[C@@H](CO)O4)c3O2)cc1)CC1O[C@@H](C)[C@@H](O)[C@@H](O)[C@@H]1O. The van der Waals surface area contributed by atoms with Gasteiger partial charge in [-0.1, -0.05) is 18.7 Å². The van der Waals surface area contributed by atoms with Crippen LogP contribution < -0.4 is 9.47 Å². The number of aliphatic hydroxyl groups is 5. The van der Waals surface area contributed by atoms with E-state index in [0.717, 1.165) is 6.07 Å². The van der Waals surface area contributed by atoms with Gasteiger partial charge in [-0.15, -0.1) is 0 Å². The zero-order valence-corrected chi connectivity index (χ0v) is 26.0. The third kappa shape index (κ3) is 7.43. The lowest BCUT2D eigenvalue weighted by Crippen LogP contribution is -2.56. The fraction of sp³-hybridized carbons (Fsp3) is 0.515. The number of ketones is 1. The number of phenols is 2. The highest BCUT2D eigenvalue weighted by Gasteiger charge is 2.44. The van der Waals surface area contributed by atoms with Crippen molar-refractivity contribution in [2.45, 2.75) is 87.2 Å². The molecule has 15 heteroatoms. The molecule has 15 nitrogen and oxygen atoms in total. The number of ether oxygens (including phenoxy) is 5. The molecule has 0 aliphatic carbocycles. The first kappa shape index (κ1) is 35.5. The number of phenolic OH excluding ortho intramolecular Hbond substituents is 2. The number of fused-ring (bicyclic) bond motifs is 1. The van der Waals surface area contributed by atoms with Gasteiger partial charge in [0, 0.05) is 18.9 Å². The second kappa shape index (κ2) is 14.8. The van der Waals surface area contributed by atoms with Gasteiger partial charge in [-0.3, -0.25) is 4.79 Å². The number of carboxylic acids is 1. The van der Waals surface area contributed by atoms with E-state index in [4.69, 9.17) is 28.8 Å². The first-order valence-corrected chi connectivity index (χ1v) is 15.4. The average Bonchev–Trinajstić information content (AvgIpc) is 3.04. The molecule has 2 saturated heterocycles. The van der Waals surface area contributed by atoms with Crippen molar-refractivity contribution in [3.05, 3.63) is 59.2 Å². The summed E-state index contributed by atoms with van der Waals surface area (Å²) in [5.74, 6) is -2.46. The molecule has 3 aliphatic rings. The molecular formula is C33H40O15. The largest absolute Gasteiger partial charge is 0.507 e. The van der Waals surface area contributed by atoms with E-state index in [-0.39, 0.29) is 42.7 Å². The van der Waals surface area contributed by atoms with Gasteiger partial charge >= 0.3 is 5.97 Å². The van der Waals surface area contributed by atoms with Crippen molar-refractivity contribution in [1.29, 1.82) is 0 Å². The quantitative estimate of drug-likeness (QED) is 0.152. The maximum Gasteiger partial charge on any atom is 0.329 e. The Morgan fingerprint density at radius 2 is 1.65 bits per heavy atom. The van der Waals surface area contributed by atoms with E-state index in [1.807, 2.05) is 0 Å². The van der Waals surface area contributed by atoms with Crippen molar-refractivity contribution in [3.8, 4) is 23.0 Å². The van der Waals surface area contributed by atoms with Crippen LogP contribution >= 0.6 is 0 Å². The highest BCUT2D eigenvalue weighted by molar-refractivity contribution is 6.03. The van der Waals surface area contributed by atoms with E-state index in [1.54, 1.807) is 31.2 Å². The van der Waals surface area contributed by atoms with Crippen LogP contribution in [0.2, 0.25) is 0 Å². The molecular weight excluding hydrogens is 636 g/mol. The summed E-state index contributed by atoms with van der Waals surface area (Å²) < 4.78 is 28.8. The predicted octanol–water partition coefficient (Wildman–Crippen LogP) is 0.652. The Bertz CT molecular complexity index is 1490. The first-order valence-electron chi connectivity index (χ1n) is 15.4. The highest BCUT2D eigenvalue weighted by Crippen LogP contribution is 2.50. The molecule has 5 rings (SSSR count). The van der Waals surface area contributed by atoms with Gasteiger partial charge in [-0.25, -0.2) is 4.79 Å². The van der Waals surface area contributed by atoms with Gasteiger partial charge in [0.15, 0.2) is 5.78 Å². The third-order valence-electron chi connectivity index (χ3n) is 8.79. The van der Waals surface area contributed by atoms with E-state index >= 15 is 0 Å². The molecule has 3 heterocycles. The fourth-order valence-electron chi connectivity index (χ4n) is 6.22. The molecule has 3 unspecified atom stereocenters. The van der Waals surface area contributed by atoms with E-state index in [0.29, 0.717) is 16.9 Å². The summed E-state index contributed by atoms with van der Waals surface area (Å²) in [7, 11) is 0. The van der Waals surface area contributed by atoms with Gasteiger partial charge in [-0.2, -0.15) is 0 Å². The van der Waals surface area contributed by atoms with E-state index in [2.05, 4.69) is 6.58 Å². The van der Waals surface area contributed by atoms with Crippen molar-refractivity contribution in [2.24, 2.45) is 0 Å². The molecule has 0 amide bonds. The molecule has 0 bridgehead atoms. The number of Topliss-reactive ketones (excluding diaryl/α,β-unsaturated/α-hetero) is 1. The van der Waals surface area contributed by atoms with Gasteiger partial charge in [0.05, 0.1) is 43.0 Å². The van der Waals surface area contributed by atoms with Crippen LogP contribution in [0.15, 0.2) is 42.5 Å². The molecule has 8 N–H and O–H groups in total. The van der Waals surface area contributed by atoms with Crippen molar-refractivity contribution < 1.29 is 74.1 Å². The number of benzene rings is 2. The molecule has 10 atom stereocenters. The molecule has 262 valence electrons. The van der Waals surface area contributed by atoms with Crippen LogP contribution in [-0.2, 0) is 19.0 Å². The predicted molar refractivity (Wildman–Crippen MR) is 163 cm³/mol. The molecule has 3 aliphatic heterocycles. The summed E-state index contributed by atoms with van der Waals surface area (Å²) >= 11 is 0. The van der Waals surface area contributed by atoms with Crippen molar-refractivity contribution in [1.82, 2.24) is 0 Å². The number of hydrogen-bond donors (Lipinski definition) is 8. The molecule has 2 fully saturated rings. The Morgan fingerprint density at radius 3 is 2.31 bits per heavy atom. The number of hydrogen-bond acceptors (Lipinski definition) is 14.